The molecule has 0 aliphatic rings. The Bertz CT molecular complexity index is 968. The van der Waals surface area contributed by atoms with Crippen molar-refractivity contribution in [2.75, 3.05) is 0 Å². The lowest BCUT2D eigenvalue weighted by Crippen LogP contribution is -2.06. The summed E-state index contributed by atoms with van der Waals surface area (Å²) >= 11 is 0. The molecule has 3 aromatic rings. The van der Waals surface area contributed by atoms with Crippen molar-refractivity contribution >= 4 is 41.8 Å². The van der Waals surface area contributed by atoms with E-state index >= 15 is 0 Å². The molecular formula is C14H10O6S2. The molecule has 0 atom stereocenters. The van der Waals surface area contributed by atoms with Crippen molar-refractivity contribution < 1.29 is 25.9 Å². The van der Waals surface area contributed by atoms with Gasteiger partial charge in [-0.15, -0.1) is 0 Å². The first-order valence-electron chi connectivity index (χ1n) is 6.09. The normalized spacial score (nSPS) is 12.8. The highest BCUT2D eigenvalue weighted by Gasteiger charge is 2.26. The Morgan fingerprint density at radius 1 is 0.545 bits per heavy atom. The topological polar surface area (TPSA) is 109 Å². The van der Waals surface area contributed by atoms with Crippen LogP contribution in [0.25, 0.3) is 21.5 Å². The van der Waals surface area contributed by atoms with Gasteiger partial charge in [-0.1, -0.05) is 48.5 Å². The molecule has 0 unspecified atom stereocenters. The maximum atomic E-state index is 11.8. The first-order chi connectivity index (χ1) is 10.2. The van der Waals surface area contributed by atoms with Crippen LogP contribution in [0.4, 0.5) is 0 Å². The third-order valence-electron chi connectivity index (χ3n) is 3.35. The molecule has 0 radical (unpaired) electrons. The van der Waals surface area contributed by atoms with Crippen LogP contribution in [0.5, 0.6) is 0 Å². The van der Waals surface area contributed by atoms with Gasteiger partial charge in [0, 0.05) is 21.5 Å². The van der Waals surface area contributed by atoms with E-state index in [-0.39, 0.29) is 31.3 Å². The van der Waals surface area contributed by atoms with Crippen LogP contribution in [0, 0.1) is 0 Å². The van der Waals surface area contributed by atoms with Gasteiger partial charge in [-0.2, -0.15) is 16.8 Å². The number of rotatable bonds is 2. The zero-order chi connectivity index (χ0) is 16.1. The molecule has 0 heterocycles. The second-order valence-corrected chi connectivity index (χ2v) is 7.42. The lowest BCUT2D eigenvalue weighted by Gasteiger charge is -2.13. The number of fused-ring (bicyclic) bond motifs is 2. The largest absolute Gasteiger partial charge is 0.295 e. The fraction of sp³-hybridized carbons (Fsp3) is 0. The lowest BCUT2D eigenvalue weighted by molar-refractivity contribution is 0.481. The zero-order valence-corrected chi connectivity index (χ0v) is 12.6. The third kappa shape index (κ3) is 2.26. The molecule has 0 bridgehead atoms. The second kappa shape index (κ2) is 4.75. The second-order valence-electron chi connectivity index (χ2n) is 4.70. The standard InChI is InChI=1S/C14H10O6S2/c15-21(16,17)13-9-5-1-2-6-10(9)14(22(18,19)20)12-8-4-3-7-11(12)13/h1-8H,(H,15,16,17)(H,18,19,20). The summed E-state index contributed by atoms with van der Waals surface area (Å²) in [5.41, 5.74) is 0. The monoisotopic (exact) mass is 338 g/mol. The molecule has 0 spiro atoms. The quantitative estimate of drug-likeness (QED) is 0.549. The van der Waals surface area contributed by atoms with E-state index < -0.39 is 20.2 Å². The fourth-order valence-electron chi connectivity index (χ4n) is 2.60. The Morgan fingerprint density at radius 2 is 0.773 bits per heavy atom. The van der Waals surface area contributed by atoms with E-state index in [1.165, 1.54) is 48.5 Å². The highest BCUT2D eigenvalue weighted by atomic mass is 32.2. The summed E-state index contributed by atoms with van der Waals surface area (Å²) in [5.74, 6) is 0. The van der Waals surface area contributed by atoms with E-state index in [9.17, 15) is 25.9 Å². The molecule has 6 nitrogen and oxygen atoms in total. The van der Waals surface area contributed by atoms with Crippen LogP contribution in [-0.2, 0) is 20.2 Å². The zero-order valence-electron chi connectivity index (χ0n) is 11.0. The van der Waals surface area contributed by atoms with E-state index in [0.717, 1.165) is 0 Å². The Hall–Kier alpha value is -2.00. The van der Waals surface area contributed by atoms with Gasteiger partial charge in [0.15, 0.2) is 0 Å². The van der Waals surface area contributed by atoms with Gasteiger partial charge in [-0.3, -0.25) is 9.11 Å². The minimum atomic E-state index is -4.59. The number of hydrogen-bond acceptors (Lipinski definition) is 4. The summed E-state index contributed by atoms with van der Waals surface area (Å²) < 4.78 is 66.1. The number of benzene rings is 3. The minimum Gasteiger partial charge on any atom is -0.282 e. The van der Waals surface area contributed by atoms with Gasteiger partial charge in [0.05, 0.1) is 0 Å². The molecule has 0 fully saturated rings. The molecule has 0 saturated carbocycles. The summed E-state index contributed by atoms with van der Waals surface area (Å²) in [5, 5.41) is 0.0975. The molecule has 8 heteroatoms. The molecule has 3 aromatic carbocycles. The highest BCUT2D eigenvalue weighted by molar-refractivity contribution is 7.87. The van der Waals surface area contributed by atoms with Crippen LogP contribution in [-0.4, -0.2) is 25.9 Å². The van der Waals surface area contributed by atoms with E-state index in [4.69, 9.17) is 0 Å². The van der Waals surface area contributed by atoms with Gasteiger partial charge in [-0.05, 0) is 0 Å². The highest BCUT2D eigenvalue weighted by Crippen LogP contribution is 2.37. The number of hydrogen-bond donors (Lipinski definition) is 2. The average molecular weight is 338 g/mol. The summed E-state index contributed by atoms with van der Waals surface area (Å²) in [6.45, 7) is 0. The average Bonchev–Trinajstić information content (AvgIpc) is 2.41. The molecule has 0 amide bonds. The van der Waals surface area contributed by atoms with E-state index in [2.05, 4.69) is 0 Å². The summed E-state index contributed by atoms with van der Waals surface area (Å²) in [6, 6.07) is 11.6. The molecule has 0 aliphatic heterocycles. The SMILES string of the molecule is O=S(=O)(O)c1c2ccccc2c(S(=O)(=O)O)c2ccccc12. The molecule has 22 heavy (non-hydrogen) atoms. The lowest BCUT2D eigenvalue weighted by atomic mass is 10.0. The van der Waals surface area contributed by atoms with Crippen LogP contribution in [0.3, 0.4) is 0 Å². The predicted molar refractivity (Wildman–Crippen MR) is 81.1 cm³/mol. The Balaban J connectivity index is 2.80. The van der Waals surface area contributed by atoms with Crippen LogP contribution < -0.4 is 0 Å². The van der Waals surface area contributed by atoms with Crippen molar-refractivity contribution in [3.8, 4) is 0 Å². The molecule has 0 aliphatic carbocycles. The molecule has 0 saturated heterocycles. The molecule has 2 N–H and O–H groups in total. The maximum Gasteiger partial charge on any atom is 0.295 e. The summed E-state index contributed by atoms with van der Waals surface area (Å²) in [4.78, 5) is -0.766. The Kier molecular flexibility index (Phi) is 3.22. The van der Waals surface area contributed by atoms with Crippen molar-refractivity contribution in [1.29, 1.82) is 0 Å². The van der Waals surface area contributed by atoms with Crippen molar-refractivity contribution in [3.63, 3.8) is 0 Å². The minimum absolute atomic E-state index is 0.0244. The van der Waals surface area contributed by atoms with Gasteiger partial charge in [0.1, 0.15) is 9.79 Å². The van der Waals surface area contributed by atoms with Crippen molar-refractivity contribution in [1.82, 2.24) is 0 Å². The van der Waals surface area contributed by atoms with E-state index in [1.807, 2.05) is 0 Å². The van der Waals surface area contributed by atoms with Gasteiger partial charge in [0.25, 0.3) is 20.2 Å². The first kappa shape index (κ1) is 14.9. The van der Waals surface area contributed by atoms with Gasteiger partial charge >= 0.3 is 0 Å². The molecule has 3 rings (SSSR count). The van der Waals surface area contributed by atoms with Crippen LogP contribution in [0.15, 0.2) is 58.3 Å². The molecular weight excluding hydrogens is 328 g/mol. The Morgan fingerprint density at radius 3 is 0.955 bits per heavy atom. The maximum absolute atomic E-state index is 11.8. The van der Waals surface area contributed by atoms with Crippen molar-refractivity contribution in [2.24, 2.45) is 0 Å². The fourth-order valence-corrected chi connectivity index (χ4v) is 4.43. The van der Waals surface area contributed by atoms with Crippen molar-refractivity contribution in [3.05, 3.63) is 48.5 Å². The predicted octanol–water partition coefficient (Wildman–Crippen LogP) is 2.49. The van der Waals surface area contributed by atoms with Crippen molar-refractivity contribution in [2.45, 2.75) is 9.79 Å². The third-order valence-corrected chi connectivity index (χ3v) is 5.26. The van der Waals surface area contributed by atoms with Crippen LogP contribution >= 0.6 is 0 Å². The Labute approximate surface area is 126 Å². The molecule has 0 aromatic heterocycles. The van der Waals surface area contributed by atoms with Gasteiger partial charge in [-0.25, -0.2) is 0 Å². The summed E-state index contributed by atoms with van der Waals surface area (Å²) in [6.07, 6.45) is 0. The van der Waals surface area contributed by atoms with E-state index in [0.29, 0.717) is 0 Å². The smallest absolute Gasteiger partial charge is 0.282 e. The van der Waals surface area contributed by atoms with Crippen LogP contribution in [0.2, 0.25) is 0 Å². The van der Waals surface area contributed by atoms with E-state index in [1.54, 1.807) is 0 Å². The summed E-state index contributed by atoms with van der Waals surface area (Å²) in [7, 11) is -9.19. The van der Waals surface area contributed by atoms with Gasteiger partial charge < -0.3 is 0 Å². The van der Waals surface area contributed by atoms with Crippen LogP contribution in [0.1, 0.15) is 0 Å². The first-order valence-corrected chi connectivity index (χ1v) is 8.97. The van der Waals surface area contributed by atoms with Gasteiger partial charge in [0.2, 0.25) is 0 Å². The molecule has 114 valence electrons.